The number of carboxylic acids is 1. The average molecular weight is 371 g/mol. The van der Waals surface area contributed by atoms with E-state index in [1.807, 2.05) is 35.7 Å². The monoisotopic (exact) mass is 371 g/mol. The first kappa shape index (κ1) is 17.2. The van der Waals surface area contributed by atoms with Gasteiger partial charge in [0.25, 0.3) is 0 Å². The van der Waals surface area contributed by atoms with Crippen molar-refractivity contribution in [3.63, 3.8) is 0 Å². The van der Waals surface area contributed by atoms with Gasteiger partial charge in [0.05, 0.1) is 12.2 Å². The van der Waals surface area contributed by atoms with E-state index < -0.39 is 11.4 Å². The summed E-state index contributed by atoms with van der Waals surface area (Å²) >= 11 is 1.61. The van der Waals surface area contributed by atoms with E-state index in [0.29, 0.717) is 32.7 Å². The Kier molecular flexibility index (Phi) is 4.28. The number of hydrogen-bond acceptors (Lipinski definition) is 5. The molecule has 2 fully saturated rings. The Balaban J connectivity index is 1.48. The lowest BCUT2D eigenvalue weighted by molar-refractivity contribution is -0.149. The van der Waals surface area contributed by atoms with Gasteiger partial charge in [0, 0.05) is 50.0 Å². The molecular formula is C19H21N3O3S. The van der Waals surface area contributed by atoms with Crippen LogP contribution in [0.1, 0.15) is 11.9 Å². The molecule has 0 aliphatic carbocycles. The quantitative estimate of drug-likeness (QED) is 0.892. The number of carboxylic acid groups (broad SMARTS) is 1. The standard InChI is InChI=1S/C19H21N3O3S/c1-13(23)22-8-15-7-21(11-19(15,12-22)18(24)25)9-17-20-16(10-26-17)14-5-3-2-4-6-14/h2-6,10,15H,7-9,11-12H2,1H3,(H,24,25)/t15-,19-/m1/s1. The summed E-state index contributed by atoms with van der Waals surface area (Å²) in [5.74, 6) is -0.852. The molecule has 6 nitrogen and oxygen atoms in total. The highest BCUT2D eigenvalue weighted by Crippen LogP contribution is 2.43. The minimum Gasteiger partial charge on any atom is -0.481 e. The summed E-state index contributed by atoms with van der Waals surface area (Å²) in [6.07, 6.45) is 0. The van der Waals surface area contributed by atoms with Gasteiger partial charge in [0.1, 0.15) is 10.4 Å². The first-order chi connectivity index (χ1) is 12.5. The minimum atomic E-state index is -0.842. The summed E-state index contributed by atoms with van der Waals surface area (Å²) in [6, 6.07) is 10.0. The molecule has 4 rings (SSSR count). The van der Waals surface area contributed by atoms with Gasteiger partial charge in [-0.15, -0.1) is 11.3 Å². The number of thiazole rings is 1. The fourth-order valence-electron chi connectivity index (χ4n) is 4.15. The number of carbonyl (C=O) groups excluding carboxylic acids is 1. The second-order valence-corrected chi connectivity index (χ2v) is 8.16. The van der Waals surface area contributed by atoms with E-state index >= 15 is 0 Å². The van der Waals surface area contributed by atoms with Crippen LogP contribution >= 0.6 is 11.3 Å². The normalized spacial score (nSPS) is 25.4. The van der Waals surface area contributed by atoms with Crippen molar-refractivity contribution in [1.29, 1.82) is 0 Å². The van der Waals surface area contributed by atoms with Crippen molar-refractivity contribution in [3.8, 4) is 11.3 Å². The Morgan fingerprint density at radius 2 is 2.04 bits per heavy atom. The van der Waals surface area contributed by atoms with Crippen LogP contribution in [0.2, 0.25) is 0 Å². The topological polar surface area (TPSA) is 73.7 Å². The number of aliphatic carboxylic acids is 1. The van der Waals surface area contributed by atoms with Gasteiger partial charge in [-0.2, -0.15) is 0 Å². The third-order valence-corrected chi connectivity index (χ3v) is 6.36. The van der Waals surface area contributed by atoms with E-state index in [9.17, 15) is 14.7 Å². The van der Waals surface area contributed by atoms with Crippen molar-refractivity contribution >= 4 is 23.2 Å². The lowest BCUT2D eigenvalue weighted by Gasteiger charge is -2.24. The number of aromatic nitrogens is 1. The van der Waals surface area contributed by atoms with Gasteiger partial charge in [-0.3, -0.25) is 14.5 Å². The van der Waals surface area contributed by atoms with Gasteiger partial charge in [0.15, 0.2) is 0 Å². The Morgan fingerprint density at radius 1 is 1.27 bits per heavy atom. The molecule has 0 radical (unpaired) electrons. The molecule has 136 valence electrons. The van der Waals surface area contributed by atoms with Crippen LogP contribution in [0.3, 0.4) is 0 Å². The zero-order chi connectivity index (χ0) is 18.3. The lowest BCUT2D eigenvalue weighted by Crippen LogP contribution is -2.41. The highest BCUT2D eigenvalue weighted by atomic mass is 32.1. The van der Waals surface area contributed by atoms with Crippen LogP contribution < -0.4 is 0 Å². The van der Waals surface area contributed by atoms with Crippen LogP contribution in [0.25, 0.3) is 11.3 Å². The van der Waals surface area contributed by atoms with Crippen LogP contribution in [0.15, 0.2) is 35.7 Å². The summed E-state index contributed by atoms with van der Waals surface area (Å²) < 4.78 is 0. The Labute approximate surface area is 156 Å². The van der Waals surface area contributed by atoms with Crippen LogP contribution in [0.4, 0.5) is 0 Å². The number of rotatable bonds is 4. The molecule has 0 saturated carbocycles. The van der Waals surface area contributed by atoms with E-state index in [4.69, 9.17) is 4.98 Å². The predicted octanol–water partition coefficient (Wildman–Crippen LogP) is 2.18. The first-order valence-electron chi connectivity index (χ1n) is 8.69. The molecular weight excluding hydrogens is 350 g/mol. The SMILES string of the molecule is CC(=O)N1C[C@H]2CN(Cc3nc(-c4ccccc4)cs3)C[C@@]2(C(=O)O)C1. The molecule has 1 aromatic heterocycles. The molecule has 1 amide bonds. The highest BCUT2D eigenvalue weighted by Gasteiger charge is 2.58. The summed E-state index contributed by atoms with van der Waals surface area (Å²) in [7, 11) is 0. The highest BCUT2D eigenvalue weighted by molar-refractivity contribution is 7.09. The van der Waals surface area contributed by atoms with Crippen molar-refractivity contribution in [2.24, 2.45) is 11.3 Å². The second-order valence-electron chi connectivity index (χ2n) is 7.22. The van der Waals surface area contributed by atoms with Gasteiger partial charge in [0.2, 0.25) is 5.91 Å². The number of fused-ring (bicyclic) bond motifs is 1. The molecule has 3 heterocycles. The van der Waals surface area contributed by atoms with Crippen molar-refractivity contribution in [3.05, 3.63) is 40.7 Å². The number of nitrogens with zero attached hydrogens (tertiary/aromatic N) is 3. The van der Waals surface area contributed by atoms with Gasteiger partial charge >= 0.3 is 5.97 Å². The maximum Gasteiger partial charge on any atom is 0.313 e. The van der Waals surface area contributed by atoms with E-state index in [-0.39, 0.29) is 11.8 Å². The largest absolute Gasteiger partial charge is 0.481 e. The smallest absolute Gasteiger partial charge is 0.313 e. The molecule has 0 spiro atoms. The summed E-state index contributed by atoms with van der Waals surface area (Å²) in [6.45, 7) is 4.17. The number of hydrogen-bond donors (Lipinski definition) is 1. The van der Waals surface area contributed by atoms with Crippen LogP contribution in [0, 0.1) is 11.3 Å². The van der Waals surface area contributed by atoms with Crippen LogP contribution in [0.5, 0.6) is 0 Å². The maximum atomic E-state index is 12.0. The molecule has 26 heavy (non-hydrogen) atoms. The van der Waals surface area contributed by atoms with E-state index in [0.717, 1.165) is 16.3 Å². The fraction of sp³-hybridized carbons (Fsp3) is 0.421. The van der Waals surface area contributed by atoms with Crippen molar-refractivity contribution in [2.45, 2.75) is 13.5 Å². The third kappa shape index (κ3) is 2.91. The average Bonchev–Trinajstić information content (AvgIpc) is 3.28. The molecule has 2 aromatic rings. The number of benzene rings is 1. The molecule has 1 aromatic carbocycles. The third-order valence-electron chi connectivity index (χ3n) is 5.53. The molecule has 0 unspecified atom stereocenters. The Bertz CT molecular complexity index is 838. The molecule has 7 heteroatoms. The lowest BCUT2D eigenvalue weighted by atomic mass is 9.81. The van der Waals surface area contributed by atoms with Gasteiger partial charge < -0.3 is 10.0 Å². The van der Waals surface area contributed by atoms with E-state index in [1.165, 1.54) is 6.92 Å². The zero-order valence-corrected chi connectivity index (χ0v) is 15.4. The molecule has 2 aliphatic heterocycles. The van der Waals surface area contributed by atoms with Gasteiger partial charge in [-0.05, 0) is 0 Å². The predicted molar refractivity (Wildman–Crippen MR) is 98.6 cm³/mol. The molecule has 2 aliphatic rings. The molecule has 2 saturated heterocycles. The van der Waals surface area contributed by atoms with Gasteiger partial charge in [-0.25, -0.2) is 4.98 Å². The van der Waals surface area contributed by atoms with Crippen LogP contribution in [-0.4, -0.2) is 57.9 Å². The van der Waals surface area contributed by atoms with E-state index in [2.05, 4.69) is 4.90 Å². The van der Waals surface area contributed by atoms with Crippen molar-refractivity contribution < 1.29 is 14.7 Å². The minimum absolute atomic E-state index is 0.0162. The molecule has 0 bridgehead atoms. The Morgan fingerprint density at radius 3 is 2.69 bits per heavy atom. The van der Waals surface area contributed by atoms with E-state index in [1.54, 1.807) is 16.2 Å². The fourth-order valence-corrected chi connectivity index (χ4v) is 4.99. The number of carbonyl (C=O) groups is 2. The molecule has 1 N–H and O–H groups in total. The first-order valence-corrected chi connectivity index (χ1v) is 9.57. The van der Waals surface area contributed by atoms with Crippen molar-refractivity contribution in [2.75, 3.05) is 26.2 Å². The van der Waals surface area contributed by atoms with Crippen molar-refractivity contribution in [1.82, 2.24) is 14.8 Å². The molecule has 2 atom stereocenters. The summed E-state index contributed by atoms with van der Waals surface area (Å²) in [5.41, 5.74) is 1.21. The zero-order valence-electron chi connectivity index (χ0n) is 14.6. The second kappa shape index (κ2) is 6.48. The maximum absolute atomic E-state index is 12.0. The van der Waals surface area contributed by atoms with Gasteiger partial charge in [-0.1, -0.05) is 30.3 Å². The summed E-state index contributed by atoms with van der Waals surface area (Å²) in [5, 5.41) is 12.9. The number of likely N-dealkylation sites (tertiary alicyclic amines) is 2. The van der Waals surface area contributed by atoms with Crippen LogP contribution in [-0.2, 0) is 16.1 Å². The summed E-state index contributed by atoms with van der Waals surface area (Å²) in [4.78, 5) is 32.2. The number of amides is 1. The Hall–Kier alpha value is -2.25.